The molecule has 5 aromatic rings. The molecule has 3 atom stereocenters. The van der Waals surface area contributed by atoms with Crippen LogP contribution >= 0.6 is 0 Å². The van der Waals surface area contributed by atoms with Crippen LogP contribution < -0.4 is 20.5 Å². The molecule has 11 nitrogen and oxygen atoms in total. The van der Waals surface area contributed by atoms with Gasteiger partial charge in [0.2, 0.25) is 0 Å². The first-order valence-electron chi connectivity index (χ1n) is 16.1. The molecule has 1 saturated heterocycles. The Kier molecular flexibility index (Phi) is 5.99. The van der Waals surface area contributed by atoms with E-state index in [4.69, 9.17) is 25.2 Å². The van der Waals surface area contributed by atoms with E-state index in [0.717, 1.165) is 58.7 Å². The van der Waals surface area contributed by atoms with Crippen molar-refractivity contribution in [1.29, 1.82) is 0 Å². The van der Waals surface area contributed by atoms with Crippen LogP contribution in [-0.4, -0.2) is 68.2 Å². The predicted molar refractivity (Wildman–Crippen MR) is 174 cm³/mol. The molecule has 2 amide bonds. The monoisotopic (exact) mass is 617 g/mol. The highest BCUT2D eigenvalue weighted by atomic mass is 16.5. The zero-order valence-electron chi connectivity index (χ0n) is 25.8. The lowest BCUT2D eigenvalue weighted by atomic mass is 10.1. The number of benzene rings is 2. The van der Waals surface area contributed by atoms with Gasteiger partial charge in [0.15, 0.2) is 18.2 Å². The number of hydrogen-bond donors (Lipinski definition) is 2. The lowest BCUT2D eigenvalue weighted by Crippen LogP contribution is -2.41. The number of carbonyl (C=O) groups excluding carboxylic acids is 2. The van der Waals surface area contributed by atoms with Crippen molar-refractivity contribution in [3.05, 3.63) is 54.1 Å². The number of likely N-dealkylation sites (tertiary alicyclic amines) is 1. The Bertz CT molecular complexity index is 2090. The largest absolute Gasteiger partial charge is 0.494 e. The number of imidazole rings is 1. The molecule has 2 bridgehead atoms. The Morgan fingerprint density at radius 3 is 2.74 bits per heavy atom. The van der Waals surface area contributed by atoms with Gasteiger partial charge in [0.05, 0.1) is 29.7 Å². The van der Waals surface area contributed by atoms with Gasteiger partial charge in [0.1, 0.15) is 16.9 Å². The third-order valence-electron chi connectivity index (χ3n) is 10.3. The molecule has 11 heteroatoms. The van der Waals surface area contributed by atoms with Crippen LogP contribution in [0.5, 0.6) is 11.5 Å². The number of hydrogen-bond acceptors (Lipinski definition) is 7. The summed E-state index contributed by atoms with van der Waals surface area (Å²) in [5.41, 5.74) is 12.6. The van der Waals surface area contributed by atoms with E-state index < -0.39 is 0 Å². The summed E-state index contributed by atoms with van der Waals surface area (Å²) in [5.74, 6) is 2.80. The molecule has 234 valence electrons. The molecule has 5 heterocycles. The van der Waals surface area contributed by atoms with Crippen molar-refractivity contribution < 1.29 is 19.1 Å². The lowest BCUT2D eigenvalue weighted by Gasteiger charge is -2.27. The predicted octanol–water partition coefficient (Wildman–Crippen LogP) is 4.57. The zero-order valence-corrected chi connectivity index (χ0v) is 25.8. The Hall–Kier alpha value is -4.90. The van der Waals surface area contributed by atoms with E-state index in [-0.39, 0.29) is 30.5 Å². The molecule has 3 N–H and O–H groups in total. The molecular weight excluding hydrogens is 582 g/mol. The number of amides is 2. The Balaban J connectivity index is 1.15. The first-order valence-corrected chi connectivity index (χ1v) is 16.1. The molecule has 2 aliphatic heterocycles. The van der Waals surface area contributed by atoms with Gasteiger partial charge in [-0.3, -0.25) is 9.59 Å². The average molecular weight is 618 g/mol. The summed E-state index contributed by atoms with van der Waals surface area (Å²) in [6, 6.07) is 15.8. The van der Waals surface area contributed by atoms with Gasteiger partial charge in [0.25, 0.3) is 11.8 Å². The third-order valence-corrected chi connectivity index (χ3v) is 10.3. The molecule has 46 heavy (non-hydrogen) atoms. The molecule has 0 radical (unpaired) electrons. The maximum Gasteiger partial charge on any atom is 0.262 e. The maximum atomic E-state index is 13.7. The fraction of sp³-hybridized carbons (Fsp3) is 0.371. The standard InChI is InChI=1S/C35H35N7O4/c1-40-31-25(12-21(14-28(31)45-2)35(44)42-16-20-9-11-26(42)30(20)36)39-34(40)27-13-19-8-10-23(38-33(19)41(27)15-18-6-7-18)22-4-3-5-24-32(22)46-17-29(43)37-24/h3-5,8,10,12-14,18,20,26,30H,6-7,9,11,15-17,36H2,1-2H3,(H,37,43)/t20?,26?,30-/m1/s1. The second-order valence-electron chi connectivity index (χ2n) is 13.2. The molecule has 3 fully saturated rings. The number of aromatic nitrogens is 4. The van der Waals surface area contributed by atoms with Crippen molar-refractivity contribution in [1.82, 2.24) is 24.0 Å². The number of para-hydroxylation sites is 1. The number of rotatable bonds is 6. The van der Waals surface area contributed by atoms with Crippen molar-refractivity contribution in [2.75, 3.05) is 25.6 Å². The summed E-state index contributed by atoms with van der Waals surface area (Å²) in [7, 11) is 3.63. The number of pyridine rings is 1. The third kappa shape index (κ3) is 4.14. The van der Waals surface area contributed by atoms with Crippen LogP contribution in [0.3, 0.4) is 0 Å². The van der Waals surface area contributed by atoms with Crippen molar-refractivity contribution in [3.8, 4) is 34.3 Å². The number of carbonyl (C=O) groups is 2. The molecule has 2 aliphatic carbocycles. The number of piperidine rings is 1. The van der Waals surface area contributed by atoms with Gasteiger partial charge in [-0.05, 0) is 80.0 Å². The van der Waals surface area contributed by atoms with E-state index in [0.29, 0.717) is 46.6 Å². The van der Waals surface area contributed by atoms with E-state index in [9.17, 15) is 9.59 Å². The molecule has 2 unspecified atom stereocenters. The highest BCUT2D eigenvalue weighted by molar-refractivity contribution is 6.01. The zero-order chi connectivity index (χ0) is 31.3. The Labute approximate surface area is 265 Å². The number of ether oxygens (including phenoxy) is 2. The van der Waals surface area contributed by atoms with Gasteiger partial charge in [-0.15, -0.1) is 0 Å². The highest BCUT2D eigenvalue weighted by Crippen LogP contribution is 2.42. The topological polar surface area (TPSA) is 130 Å². The number of anilines is 1. The van der Waals surface area contributed by atoms with E-state index in [1.54, 1.807) is 7.11 Å². The molecule has 2 aromatic carbocycles. The van der Waals surface area contributed by atoms with Crippen LogP contribution in [0.1, 0.15) is 36.0 Å². The van der Waals surface area contributed by atoms with Crippen LogP contribution in [0.25, 0.3) is 44.8 Å². The number of nitrogens with two attached hydrogens (primary N) is 1. The van der Waals surface area contributed by atoms with Gasteiger partial charge in [-0.2, -0.15) is 0 Å². The van der Waals surface area contributed by atoms with Crippen molar-refractivity contribution in [2.24, 2.45) is 24.6 Å². The maximum absolute atomic E-state index is 13.7. The average Bonchev–Trinajstić information content (AvgIpc) is 3.47. The first kappa shape index (κ1) is 27.4. The molecule has 9 rings (SSSR count). The number of aryl methyl sites for hydroxylation is 1. The van der Waals surface area contributed by atoms with E-state index >= 15 is 0 Å². The number of fused-ring (bicyclic) bond motifs is 5. The summed E-state index contributed by atoms with van der Waals surface area (Å²) >= 11 is 0. The normalized spacial score (nSPS) is 21.9. The minimum absolute atomic E-state index is 0.0127. The van der Waals surface area contributed by atoms with Gasteiger partial charge in [-0.1, -0.05) is 6.07 Å². The van der Waals surface area contributed by atoms with Crippen LogP contribution in [0.4, 0.5) is 5.69 Å². The summed E-state index contributed by atoms with van der Waals surface area (Å²) in [6.07, 6.45) is 4.42. The first-order chi connectivity index (χ1) is 22.4. The van der Waals surface area contributed by atoms with Gasteiger partial charge >= 0.3 is 0 Å². The van der Waals surface area contributed by atoms with Crippen molar-refractivity contribution >= 4 is 39.6 Å². The van der Waals surface area contributed by atoms with Crippen LogP contribution in [0.15, 0.2) is 48.5 Å². The number of nitrogens with one attached hydrogen (secondary N) is 1. The molecule has 3 aromatic heterocycles. The number of methoxy groups -OCH3 is 1. The second-order valence-corrected chi connectivity index (χ2v) is 13.2. The minimum Gasteiger partial charge on any atom is -0.494 e. The SMILES string of the molecule is COc1cc(C(=O)N2CC3CCC2[C@@H]3N)cc2nc(-c3cc4ccc(-c5cccc6c5OCC(=O)N6)nc4n3CC3CC3)n(C)c12. The summed E-state index contributed by atoms with van der Waals surface area (Å²) in [6.45, 7) is 1.52. The molecule has 4 aliphatic rings. The van der Waals surface area contributed by atoms with Gasteiger partial charge < -0.3 is 34.6 Å². The summed E-state index contributed by atoms with van der Waals surface area (Å²) in [5, 5.41) is 3.90. The molecular formula is C35H35N7O4. The smallest absolute Gasteiger partial charge is 0.262 e. The molecule has 0 spiro atoms. The van der Waals surface area contributed by atoms with E-state index in [1.165, 1.54) is 12.8 Å². The fourth-order valence-corrected chi connectivity index (χ4v) is 7.79. The van der Waals surface area contributed by atoms with Crippen LogP contribution in [0.2, 0.25) is 0 Å². The Morgan fingerprint density at radius 2 is 1.98 bits per heavy atom. The number of nitrogens with zero attached hydrogens (tertiary/aromatic N) is 5. The van der Waals surface area contributed by atoms with Gasteiger partial charge in [0, 0.05) is 48.7 Å². The Morgan fingerprint density at radius 1 is 1.11 bits per heavy atom. The van der Waals surface area contributed by atoms with Crippen LogP contribution in [0, 0.1) is 11.8 Å². The lowest BCUT2D eigenvalue weighted by molar-refractivity contribution is -0.118. The fourth-order valence-electron chi connectivity index (χ4n) is 7.79. The minimum atomic E-state index is -0.168. The van der Waals surface area contributed by atoms with E-state index in [1.807, 2.05) is 48.3 Å². The highest BCUT2D eigenvalue weighted by Gasteiger charge is 2.47. The van der Waals surface area contributed by atoms with Crippen LogP contribution in [-0.2, 0) is 18.4 Å². The van der Waals surface area contributed by atoms with E-state index in [2.05, 4.69) is 26.6 Å². The second kappa shape index (κ2) is 10.1. The van der Waals surface area contributed by atoms with Crippen molar-refractivity contribution in [2.45, 2.75) is 44.3 Å². The molecule has 2 saturated carbocycles. The van der Waals surface area contributed by atoms with Crippen molar-refractivity contribution in [3.63, 3.8) is 0 Å². The summed E-state index contributed by atoms with van der Waals surface area (Å²) in [4.78, 5) is 37.9. The summed E-state index contributed by atoms with van der Waals surface area (Å²) < 4.78 is 16.0. The van der Waals surface area contributed by atoms with Gasteiger partial charge in [-0.25, -0.2) is 9.97 Å². The quantitative estimate of drug-likeness (QED) is 0.286.